The van der Waals surface area contributed by atoms with Crippen molar-refractivity contribution in [2.45, 2.75) is 44.6 Å². The highest BCUT2D eigenvalue weighted by Gasteiger charge is 2.14. The van der Waals surface area contributed by atoms with Gasteiger partial charge in [-0.05, 0) is 25.7 Å². The van der Waals surface area contributed by atoms with Crippen LogP contribution < -0.4 is 10.5 Å². The largest absolute Gasteiger partial charge is 0.474 e. The molecular weight excluding hydrogens is 190 g/mol. The molecule has 1 aromatic rings. The van der Waals surface area contributed by atoms with E-state index in [1.54, 1.807) is 12.3 Å². The summed E-state index contributed by atoms with van der Waals surface area (Å²) in [6, 6.07) is 1.77. The zero-order valence-electron chi connectivity index (χ0n) is 8.85. The van der Waals surface area contributed by atoms with Crippen LogP contribution in [0.3, 0.4) is 0 Å². The molecule has 0 aliphatic heterocycles. The van der Waals surface area contributed by atoms with Gasteiger partial charge in [0, 0.05) is 12.3 Å². The number of rotatable bonds is 2. The lowest BCUT2D eigenvalue weighted by Crippen LogP contribution is -2.16. The van der Waals surface area contributed by atoms with E-state index in [1.807, 2.05) is 0 Å². The number of aromatic nitrogens is 2. The van der Waals surface area contributed by atoms with Crippen molar-refractivity contribution < 1.29 is 4.74 Å². The number of anilines is 1. The molecule has 15 heavy (non-hydrogen) atoms. The Bertz CT molecular complexity index is 308. The molecule has 0 saturated heterocycles. The molecule has 1 fully saturated rings. The number of nitrogens with zero attached hydrogens (tertiary/aromatic N) is 2. The fourth-order valence-electron chi connectivity index (χ4n) is 1.95. The zero-order chi connectivity index (χ0) is 10.5. The molecule has 0 unspecified atom stereocenters. The van der Waals surface area contributed by atoms with Crippen LogP contribution in [0.5, 0.6) is 5.88 Å². The molecule has 4 nitrogen and oxygen atoms in total. The Kier molecular flexibility index (Phi) is 3.37. The van der Waals surface area contributed by atoms with Gasteiger partial charge >= 0.3 is 0 Å². The summed E-state index contributed by atoms with van der Waals surface area (Å²) < 4.78 is 5.78. The van der Waals surface area contributed by atoms with E-state index in [4.69, 9.17) is 10.5 Å². The number of hydrogen-bond acceptors (Lipinski definition) is 4. The van der Waals surface area contributed by atoms with Gasteiger partial charge in [-0.3, -0.25) is 0 Å². The summed E-state index contributed by atoms with van der Waals surface area (Å²) in [5.74, 6) is 0.885. The second-order valence-corrected chi connectivity index (χ2v) is 3.98. The van der Waals surface area contributed by atoms with Gasteiger partial charge in [0.1, 0.15) is 6.10 Å². The molecule has 0 aromatic carbocycles. The molecule has 0 bridgehead atoms. The Morgan fingerprint density at radius 2 is 1.93 bits per heavy atom. The predicted octanol–water partition coefficient (Wildman–Crippen LogP) is 2.16. The standard InChI is InChI=1S/C11H17N3O/c12-11-13-8-7-10(14-11)15-9-5-3-1-2-4-6-9/h7-9H,1-6H2,(H2,12,13,14). The van der Waals surface area contributed by atoms with Crippen molar-refractivity contribution >= 4 is 5.95 Å². The summed E-state index contributed by atoms with van der Waals surface area (Å²) in [6.45, 7) is 0. The van der Waals surface area contributed by atoms with Gasteiger partial charge in [0.2, 0.25) is 11.8 Å². The van der Waals surface area contributed by atoms with Crippen LogP contribution in [-0.2, 0) is 0 Å². The van der Waals surface area contributed by atoms with Gasteiger partial charge in [0.15, 0.2) is 0 Å². The van der Waals surface area contributed by atoms with Crippen molar-refractivity contribution in [2.24, 2.45) is 0 Å². The number of hydrogen-bond donors (Lipinski definition) is 1. The molecule has 82 valence electrons. The maximum absolute atomic E-state index is 5.78. The summed E-state index contributed by atoms with van der Waals surface area (Å²) >= 11 is 0. The van der Waals surface area contributed by atoms with E-state index in [1.165, 1.54) is 25.7 Å². The van der Waals surface area contributed by atoms with E-state index in [-0.39, 0.29) is 5.95 Å². The number of nitrogen functional groups attached to an aromatic ring is 1. The quantitative estimate of drug-likeness (QED) is 0.755. The minimum atomic E-state index is 0.279. The van der Waals surface area contributed by atoms with Gasteiger partial charge < -0.3 is 10.5 Å². The van der Waals surface area contributed by atoms with Crippen LogP contribution in [0.1, 0.15) is 38.5 Å². The van der Waals surface area contributed by atoms with Crippen molar-refractivity contribution in [1.29, 1.82) is 0 Å². The van der Waals surface area contributed by atoms with Crippen molar-refractivity contribution in [2.75, 3.05) is 5.73 Å². The summed E-state index contributed by atoms with van der Waals surface area (Å²) in [5, 5.41) is 0. The van der Waals surface area contributed by atoms with Crippen LogP contribution in [0, 0.1) is 0 Å². The minimum Gasteiger partial charge on any atom is -0.474 e. The highest BCUT2D eigenvalue weighted by atomic mass is 16.5. The Labute approximate surface area is 89.9 Å². The third kappa shape index (κ3) is 3.08. The van der Waals surface area contributed by atoms with Gasteiger partial charge in [0.05, 0.1) is 0 Å². The van der Waals surface area contributed by atoms with E-state index in [0.29, 0.717) is 12.0 Å². The van der Waals surface area contributed by atoms with Crippen LogP contribution in [0.15, 0.2) is 12.3 Å². The van der Waals surface area contributed by atoms with Crippen molar-refractivity contribution in [1.82, 2.24) is 9.97 Å². The van der Waals surface area contributed by atoms with Gasteiger partial charge in [-0.1, -0.05) is 12.8 Å². The lowest BCUT2D eigenvalue weighted by atomic mass is 10.1. The topological polar surface area (TPSA) is 61.0 Å². The maximum Gasteiger partial charge on any atom is 0.223 e. The molecule has 1 aliphatic rings. The fourth-order valence-corrected chi connectivity index (χ4v) is 1.95. The first-order valence-corrected chi connectivity index (χ1v) is 5.60. The van der Waals surface area contributed by atoms with E-state index < -0.39 is 0 Å². The Morgan fingerprint density at radius 3 is 2.60 bits per heavy atom. The second kappa shape index (κ2) is 4.96. The third-order valence-corrected chi connectivity index (χ3v) is 2.74. The first-order valence-electron chi connectivity index (χ1n) is 5.60. The lowest BCUT2D eigenvalue weighted by molar-refractivity contribution is 0.176. The second-order valence-electron chi connectivity index (χ2n) is 3.98. The molecule has 1 heterocycles. The number of nitrogens with two attached hydrogens (primary N) is 1. The molecule has 0 atom stereocenters. The first-order chi connectivity index (χ1) is 7.34. The Hall–Kier alpha value is -1.32. The maximum atomic E-state index is 5.78. The van der Waals surface area contributed by atoms with Crippen molar-refractivity contribution in [3.63, 3.8) is 0 Å². The highest BCUT2D eigenvalue weighted by Crippen LogP contribution is 2.21. The van der Waals surface area contributed by atoms with E-state index in [0.717, 1.165) is 12.8 Å². The molecule has 0 amide bonds. The van der Waals surface area contributed by atoms with Crippen LogP contribution in [-0.4, -0.2) is 16.1 Å². The lowest BCUT2D eigenvalue weighted by Gasteiger charge is -2.15. The summed E-state index contributed by atoms with van der Waals surface area (Å²) in [6.07, 6.45) is 9.36. The summed E-state index contributed by atoms with van der Waals surface area (Å²) in [5.41, 5.74) is 5.49. The smallest absolute Gasteiger partial charge is 0.223 e. The van der Waals surface area contributed by atoms with E-state index in [9.17, 15) is 0 Å². The molecule has 2 N–H and O–H groups in total. The average molecular weight is 207 g/mol. The molecule has 1 saturated carbocycles. The molecule has 0 spiro atoms. The van der Waals surface area contributed by atoms with Gasteiger partial charge in [-0.25, -0.2) is 4.98 Å². The highest BCUT2D eigenvalue weighted by molar-refractivity contribution is 5.20. The minimum absolute atomic E-state index is 0.279. The normalized spacial score (nSPS) is 18.4. The Balaban J connectivity index is 1.95. The summed E-state index contributed by atoms with van der Waals surface area (Å²) in [7, 11) is 0. The van der Waals surface area contributed by atoms with Crippen LogP contribution in [0.4, 0.5) is 5.95 Å². The molecular formula is C11H17N3O. The van der Waals surface area contributed by atoms with Crippen molar-refractivity contribution in [3.05, 3.63) is 12.3 Å². The van der Waals surface area contributed by atoms with Gasteiger partial charge in [-0.15, -0.1) is 0 Å². The van der Waals surface area contributed by atoms with Crippen LogP contribution in [0.25, 0.3) is 0 Å². The molecule has 2 rings (SSSR count). The molecule has 1 aromatic heterocycles. The molecule has 0 radical (unpaired) electrons. The average Bonchev–Trinajstić information content (AvgIpc) is 2.46. The Morgan fingerprint density at radius 1 is 1.20 bits per heavy atom. The SMILES string of the molecule is Nc1nccc(OC2CCCCCC2)n1. The summed E-state index contributed by atoms with van der Waals surface area (Å²) in [4.78, 5) is 7.88. The van der Waals surface area contributed by atoms with Crippen molar-refractivity contribution in [3.8, 4) is 5.88 Å². The van der Waals surface area contributed by atoms with Gasteiger partial charge in [0.25, 0.3) is 0 Å². The van der Waals surface area contributed by atoms with E-state index in [2.05, 4.69) is 9.97 Å². The molecule has 4 heteroatoms. The number of ether oxygens (including phenoxy) is 1. The van der Waals surface area contributed by atoms with E-state index >= 15 is 0 Å². The monoisotopic (exact) mass is 207 g/mol. The van der Waals surface area contributed by atoms with Crippen LogP contribution >= 0.6 is 0 Å². The first kappa shape index (κ1) is 10.2. The fraction of sp³-hybridized carbons (Fsp3) is 0.636. The third-order valence-electron chi connectivity index (χ3n) is 2.74. The zero-order valence-corrected chi connectivity index (χ0v) is 8.85. The predicted molar refractivity (Wildman–Crippen MR) is 58.6 cm³/mol. The van der Waals surface area contributed by atoms with Gasteiger partial charge in [-0.2, -0.15) is 4.98 Å². The van der Waals surface area contributed by atoms with Crippen LogP contribution in [0.2, 0.25) is 0 Å². The molecule has 1 aliphatic carbocycles.